The van der Waals surface area contributed by atoms with E-state index in [1.165, 1.54) is 6.92 Å². The van der Waals surface area contributed by atoms with E-state index in [-0.39, 0.29) is 22.1 Å². The number of nitrogens with zero attached hydrogens (tertiary/aromatic N) is 1. The minimum atomic E-state index is -4.55. The third-order valence-corrected chi connectivity index (χ3v) is 2.60. The Morgan fingerprint density at radius 1 is 1.44 bits per heavy atom. The number of halogens is 3. The van der Waals surface area contributed by atoms with Crippen molar-refractivity contribution in [3.05, 3.63) is 23.1 Å². The molecule has 4 nitrogen and oxygen atoms in total. The molecule has 0 saturated heterocycles. The number of thiocarbonyl (C=S) groups is 1. The van der Waals surface area contributed by atoms with Crippen molar-refractivity contribution in [1.29, 1.82) is 0 Å². The number of rotatable bonds is 1. The molecule has 2 rings (SSSR count). The molecule has 0 aliphatic heterocycles. The molecule has 0 radical (unpaired) electrons. The van der Waals surface area contributed by atoms with Gasteiger partial charge in [0.15, 0.2) is 5.76 Å². The lowest BCUT2D eigenvalue weighted by Gasteiger charge is -2.06. The van der Waals surface area contributed by atoms with Crippen LogP contribution in [0.2, 0.25) is 0 Å². The van der Waals surface area contributed by atoms with E-state index in [9.17, 15) is 13.2 Å². The van der Waals surface area contributed by atoms with Gasteiger partial charge in [0.1, 0.15) is 10.7 Å². The molecule has 0 aliphatic carbocycles. The molecule has 4 N–H and O–H groups in total. The number of furan rings is 1. The van der Waals surface area contributed by atoms with Gasteiger partial charge in [-0.1, -0.05) is 12.2 Å². The van der Waals surface area contributed by atoms with E-state index in [0.29, 0.717) is 10.9 Å². The van der Waals surface area contributed by atoms with Crippen molar-refractivity contribution in [2.75, 3.05) is 5.73 Å². The minimum Gasteiger partial charge on any atom is -0.433 e. The SMILES string of the molecule is Cc1cc(C(F)(F)F)nc2oc(C(N)=S)c(N)c12. The number of pyridine rings is 1. The zero-order valence-electron chi connectivity index (χ0n) is 9.13. The Morgan fingerprint density at radius 2 is 2.06 bits per heavy atom. The van der Waals surface area contributed by atoms with Gasteiger partial charge in [-0.15, -0.1) is 0 Å². The summed E-state index contributed by atoms with van der Waals surface area (Å²) < 4.78 is 42.8. The van der Waals surface area contributed by atoms with Crippen LogP contribution in [0.5, 0.6) is 0 Å². The molecular weight excluding hydrogens is 267 g/mol. The predicted octanol–water partition coefficient (Wildman–Crippen LogP) is 2.37. The van der Waals surface area contributed by atoms with E-state index in [4.69, 9.17) is 28.1 Å². The minimum absolute atomic E-state index is 0.0186. The largest absolute Gasteiger partial charge is 0.433 e. The first-order valence-electron chi connectivity index (χ1n) is 4.78. The molecule has 0 aromatic carbocycles. The summed E-state index contributed by atoms with van der Waals surface area (Å²) in [4.78, 5) is 3.26. The zero-order chi connectivity index (χ0) is 13.7. The molecule has 0 atom stereocenters. The van der Waals surface area contributed by atoms with Gasteiger partial charge in [0.25, 0.3) is 0 Å². The molecule has 8 heteroatoms. The average Bonchev–Trinajstić information content (AvgIpc) is 2.55. The zero-order valence-corrected chi connectivity index (χ0v) is 9.95. The number of nitrogens with two attached hydrogens (primary N) is 2. The molecule has 0 aliphatic rings. The Hall–Kier alpha value is -1.83. The van der Waals surface area contributed by atoms with E-state index >= 15 is 0 Å². The molecule has 2 aromatic heterocycles. The number of alkyl halides is 3. The second kappa shape index (κ2) is 3.84. The van der Waals surface area contributed by atoms with E-state index in [0.717, 1.165) is 6.07 Å². The maximum Gasteiger partial charge on any atom is 0.433 e. The number of aryl methyl sites for hydroxylation is 1. The topological polar surface area (TPSA) is 78.1 Å². The highest BCUT2D eigenvalue weighted by Crippen LogP contribution is 2.35. The van der Waals surface area contributed by atoms with Gasteiger partial charge in [-0.3, -0.25) is 0 Å². The number of aromatic nitrogens is 1. The van der Waals surface area contributed by atoms with Crippen LogP contribution < -0.4 is 11.5 Å². The first kappa shape index (κ1) is 12.6. The second-order valence-electron chi connectivity index (χ2n) is 3.71. The van der Waals surface area contributed by atoms with E-state index in [1.54, 1.807) is 0 Å². The van der Waals surface area contributed by atoms with Gasteiger partial charge in [0, 0.05) is 0 Å². The first-order valence-corrected chi connectivity index (χ1v) is 5.19. The molecular formula is C10H8F3N3OS. The molecule has 0 saturated carbocycles. The Morgan fingerprint density at radius 3 is 2.56 bits per heavy atom. The highest BCUT2D eigenvalue weighted by Gasteiger charge is 2.34. The monoisotopic (exact) mass is 275 g/mol. The summed E-state index contributed by atoms with van der Waals surface area (Å²) in [5, 5.41) is 0.297. The Bertz CT molecular complexity index is 648. The fourth-order valence-electron chi connectivity index (χ4n) is 1.64. The molecule has 2 aromatic rings. The predicted molar refractivity (Wildman–Crippen MR) is 64.0 cm³/mol. The fourth-order valence-corrected chi connectivity index (χ4v) is 1.79. The van der Waals surface area contributed by atoms with Gasteiger partial charge in [0.05, 0.1) is 11.1 Å². The maximum absolute atomic E-state index is 12.6. The van der Waals surface area contributed by atoms with Gasteiger partial charge in [-0.05, 0) is 18.6 Å². The van der Waals surface area contributed by atoms with Gasteiger partial charge < -0.3 is 15.9 Å². The van der Waals surface area contributed by atoms with Crippen molar-refractivity contribution in [1.82, 2.24) is 4.98 Å². The van der Waals surface area contributed by atoms with Crippen LogP contribution in [-0.4, -0.2) is 9.97 Å². The summed E-state index contributed by atoms with van der Waals surface area (Å²) in [6.45, 7) is 1.48. The number of fused-ring (bicyclic) bond motifs is 1. The van der Waals surface area contributed by atoms with Crippen LogP contribution in [0.25, 0.3) is 11.1 Å². The molecule has 0 fully saturated rings. The number of anilines is 1. The summed E-state index contributed by atoms with van der Waals surface area (Å²) in [6, 6.07) is 0.900. The van der Waals surface area contributed by atoms with Crippen LogP contribution >= 0.6 is 12.2 Å². The number of hydrogen-bond acceptors (Lipinski definition) is 4. The Kier molecular flexibility index (Phi) is 2.69. The lowest BCUT2D eigenvalue weighted by molar-refractivity contribution is -0.141. The van der Waals surface area contributed by atoms with Crippen LogP contribution in [0.15, 0.2) is 10.5 Å². The highest BCUT2D eigenvalue weighted by molar-refractivity contribution is 7.80. The number of hydrogen-bond donors (Lipinski definition) is 2. The van der Waals surface area contributed by atoms with Crippen molar-refractivity contribution in [3.8, 4) is 0 Å². The molecule has 96 valence electrons. The van der Waals surface area contributed by atoms with Crippen molar-refractivity contribution < 1.29 is 17.6 Å². The summed E-state index contributed by atoms with van der Waals surface area (Å²) >= 11 is 4.69. The third kappa shape index (κ3) is 1.88. The quantitative estimate of drug-likeness (QED) is 0.781. The van der Waals surface area contributed by atoms with Gasteiger partial charge in [-0.2, -0.15) is 13.2 Å². The summed E-state index contributed by atoms with van der Waals surface area (Å²) in [5.74, 6) is -0.0186. The van der Waals surface area contributed by atoms with E-state index < -0.39 is 11.9 Å². The maximum atomic E-state index is 12.6. The Balaban J connectivity index is 2.79. The summed E-state index contributed by atoms with van der Waals surface area (Å²) in [6.07, 6.45) is -4.55. The van der Waals surface area contributed by atoms with Crippen LogP contribution in [0.1, 0.15) is 17.0 Å². The average molecular weight is 275 g/mol. The van der Waals surface area contributed by atoms with Crippen molar-refractivity contribution >= 4 is 34.0 Å². The van der Waals surface area contributed by atoms with Crippen LogP contribution in [0.3, 0.4) is 0 Å². The van der Waals surface area contributed by atoms with Crippen molar-refractivity contribution in [3.63, 3.8) is 0 Å². The van der Waals surface area contributed by atoms with Gasteiger partial charge >= 0.3 is 6.18 Å². The number of nitrogen functional groups attached to an aromatic ring is 1. The molecule has 0 bridgehead atoms. The van der Waals surface area contributed by atoms with Gasteiger partial charge in [-0.25, -0.2) is 4.98 Å². The van der Waals surface area contributed by atoms with Crippen LogP contribution in [0, 0.1) is 6.92 Å². The summed E-state index contributed by atoms with van der Waals surface area (Å²) in [5.41, 5.74) is 10.2. The Labute approximate surface area is 105 Å². The lowest BCUT2D eigenvalue weighted by atomic mass is 10.1. The standard InChI is InChI=1S/C10H8F3N3OS/c1-3-2-4(10(11,12)13)16-9-5(3)6(14)7(17-9)8(15)18/h2H,14H2,1H3,(H2,15,18). The summed E-state index contributed by atoms with van der Waals surface area (Å²) in [7, 11) is 0. The molecule has 0 unspecified atom stereocenters. The third-order valence-electron chi connectivity index (χ3n) is 2.41. The van der Waals surface area contributed by atoms with Crippen molar-refractivity contribution in [2.45, 2.75) is 13.1 Å². The van der Waals surface area contributed by atoms with E-state index in [1.807, 2.05) is 0 Å². The molecule has 0 spiro atoms. The second-order valence-corrected chi connectivity index (χ2v) is 4.15. The van der Waals surface area contributed by atoms with E-state index in [2.05, 4.69) is 4.98 Å². The molecule has 0 amide bonds. The normalized spacial score (nSPS) is 12.0. The molecule has 2 heterocycles. The first-order chi connectivity index (χ1) is 8.21. The molecule has 18 heavy (non-hydrogen) atoms. The van der Waals surface area contributed by atoms with Crippen LogP contribution in [-0.2, 0) is 6.18 Å². The lowest BCUT2D eigenvalue weighted by Crippen LogP contribution is -2.10. The van der Waals surface area contributed by atoms with Crippen molar-refractivity contribution in [2.24, 2.45) is 5.73 Å². The smallest absolute Gasteiger partial charge is 0.433 e. The van der Waals surface area contributed by atoms with Gasteiger partial charge in [0.2, 0.25) is 5.71 Å². The fraction of sp³-hybridized carbons (Fsp3) is 0.200. The highest BCUT2D eigenvalue weighted by atomic mass is 32.1. The van der Waals surface area contributed by atoms with Crippen LogP contribution in [0.4, 0.5) is 18.9 Å².